The molecule has 0 atom stereocenters. The molecule has 0 bridgehead atoms. The van der Waals surface area contributed by atoms with Gasteiger partial charge in [-0.15, -0.1) is 0 Å². The van der Waals surface area contributed by atoms with Crippen LogP contribution in [0.5, 0.6) is 0 Å². The number of hydrogen-bond acceptors (Lipinski definition) is 3. The minimum atomic E-state index is -0.0848. The first-order valence-corrected chi connectivity index (χ1v) is 7.99. The highest BCUT2D eigenvalue weighted by Gasteiger charge is 2.19. The molecular formula is C17H27ClN2O2. The van der Waals surface area contributed by atoms with Crippen LogP contribution in [0.4, 0.5) is 5.69 Å². The first kappa shape index (κ1) is 18.9. The van der Waals surface area contributed by atoms with Gasteiger partial charge in [-0.3, -0.25) is 9.69 Å². The van der Waals surface area contributed by atoms with Crippen molar-refractivity contribution in [2.24, 2.45) is 5.41 Å². The Hall–Kier alpha value is -1.10. The van der Waals surface area contributed by atoms with E-state index in [0.29, 0.717) is 30.2 Å². The minimum Gasteiger partial charge on any atom is -0.396 e. The predicted octanol–water partition coefficient (Wildman–Crippen LogP) is 3.32. The first-order valence-electron chi connectivity index (χ1n) is 7.61. The molecule has 1 aromatic rings. The fraction of sp³-hybridized carbons (Fsp3) is 0.588. The van der Waals surface area contributed by atoms with Crippen LogP contribution in [-0.4, -0.2) is 42.2 Å². The molecule has 0 aliphatic carbocycles. The molecule has 22 heavy (non-hydrogen) atoms. The Morgan fingerprint density at radius 3 is 2.59 bits per heavy atom. The normalized spacial score (nSPS) is 11.8. The second-order valence-electron chi connectivity index (χ2n) is 6.83. The lowest BCUT2D eigenvalue weighted by Gasteiger charge is -2.29. The van der Waals surface area contributed by atoms with Gasteiger partial charge in [0.25, 0.3) is 0 Å². The molecule has 124 valence electrons. The molecule has 0 aliphatic rings. The van der Waals surface area contributed by atoms with Crippen molar-refractivity contribution in [3.63, 3.8) is 0 Å². The molecule has 5 heteroatoms. The molecule has 2 N–H and O–H groups in total. The third kappa shape index (κ3) is 6.77. The van der Waals surface area contributed by atoms with Crippen LogP contribution in [0.15, 0.2) is 18.2 Å². The van der Waals surface area contributed by atoms with Gasteiger partial charge in [0.1, 0.15) is 0 Å². The van der Waals surface area contributed by atoms with Crippen molar-refractivity contribution in [3.05, 3.63) is 28.8 Å². The molecule has 1 amide bonds. The minimum absolute atomic E-state index is 0.0848. The maximum Gasteiger partial charge on any atom is 0.238 e. The number of aliphatic hydroxyl groups excluding tert-OH is 1. The summed E-state index contributed by atoms with van der Waals surface area (Å²) in [5.41, 5.74) is 1.71. The van der Waals surface area contributed by atoms with Crippen molar-refractivity contribution in [1.29, 1.82) is 0 Å². The second kappa shape index (κ2) is 8.51. The Balaban J connectivity index is 2.70. The Morgan fingerprint density at radius 1 is 1.36 bits per heavy atom. The van der Waals surface area contributed by atoms with E-state index in [1.165, 1.54) is 0 Å². The molecular weight excluding hydrogens is 300 g/mol. The third-order valence-corrected chi connectivity index (χ3v) is 3.50. The summed E-state index contributed by atoms with van der Waals surface area (Å²) in [4.78, 5) is 14.4. The van der Waals surface area contributed by atoms with Gasteiger partial charge in [0.2, 0.25) is 5.91 Å². The quantitative estimate of drug-likeness (QED) is 0.808. The molecule has 0 unspecified atom stereocenters. The first-order chi connectivity index (χ1) is 10.2. The zero-order valence-corrected chi connectivity index (χ0v) is 14.7. The van der Waals surface area contributed by atoms with E-state index in [1.54, 1.807) is 6.07 Å². The van der Waals surface area contributed by atoms with Crippen molar-refractivity contribution >= 4 is 23.2 Å². The SMILES string of the molecule is Cc1cccc(Cl)c1NC(=O)CN(CCCO)CC(C)(C)C. The molecule has 0 aromatic heterocycles. The highest BCUT2D eigenvalue weighted by atomic mass is 35.5. The smallest absolute Gasteiger partial charge is 0.238 e. The number of carbonyl (C=O) groups excluding carboxylic acids is 1. The van der Waals surface area contributed by atoms with E-state index in [2.05, 4.69) is 31.0 Å². The molecule has 0 saturated heterocycles. The molecule has 1 aromatic carbocycles. The van der Waals surface area contributed by atoms with Crippen molar-refractivity contribution in [1.82, 2.24) is 4.90 Å². The summed E-state index contributed by atoms with van der Waals surface area (Å²) in [5, 5.41) is 12.5. The highest BCUT2D eigenvalue weighted by molar-refractivity contribution is 6.33. The molecule has 1 rings (SSSR count). The number of carbonyl (C=O) groups is 1. The summed E-state index contributed by atoms with van der Waals surface area (Å²) < 4.78 is 0. The third-order valence-electron chi connectivity index (χ3n) is 3.18. The van der Waals surface area contributed by atoms with E-state index in [4.69, 9.17) is 16.7 Å². The van der Waals surface area contributed by atoms with E-state index < -0.39 is 0 Å². The number of aryl methyl sites for hydroxylation is 1. The van der Waals surface area contributed by atoms with Gasteiger partial charge >= 0.3 is 0 Å². The number of hydrogen-bond donors (Lipinski definition) is 2. The van der Waals surface area contributed by atoms with Gasteiger partial charge in [-0.25, -0.2) is 0 Å². The standard InChI is InChI=1S/C17H27ClN2O2/c1-13-7-5-8-14(18)16(13)19-15(22)11-20(9-6-10-21)12-17(2,3)4/h5,7-8,21H,6,9-12H2,1-4H3,(H,19,22). The number of benzene rings is 1. The molecule has 4 nitrogen and oxygen atoms in total. The predicted molar refractivity (Wildman–Crippen MR) is 92.4 cm³/mol. The summed E-state index contributed by atoms with van der Waals surface area (Å²) in [6.07, 6.45) is 0.661. The van der Waals surface area contributed by atoms with E-state index in [9.17, 15) is 4.79 Å². The van der Waals surface area contributed by atoms with Gasteiger partial charge in [-0.2, -0.15) is 0 Å². The topological polar surface area (TPSA) is 52.6 Å². The van der Waals surface area contributed by atoms with Crippen LogP contribution < -0.4 is 5.32 Å². The van der Waals surface area contributed by atoms with E-state index >= 15 is 0 Å². The van der Waals surface area contributed by atoms with Crippen LogP contribution >= 0.6 is 11.6 Å². The number of para-hydroxylation sites is 1. The zero-order chi connectivity index (χ0) is 16.8. The Labute approximate surface area is 138 Å². The highest BCUT2D eigenvalue weighted by Crippen LogP contribution is 2.25. The average molecular weight is 327 g/mol. The fourth-order valence-electron chi connectivity index (χ4n) is 2.35. The van der Waals surface area contributed by atoms with Crippen LogP contribution in [-0.2, 0) is 4.79 Å². The number of amides is 1. The Morgan fingerprint density at radius 2 is 2.05 bits per heavy atom. The summed E-state index contributed by atoms with van der Waals surface area (Å²) in [6.45, 7) is 10.2. The maximum atomic E-state index is 12.3. The van der Waals surface area contributed by atoms with Gasteiger partial charge < -0.3 is 10.4 Å². The number of halogens is 1. The van der Waals surface area contributed by atoms with Crippen LogP contribution in [0.25, 0.3) is 0 Å². The summed E-state index contributed by atoms with van der Waals surface area (Å²) in [7, 11) is 0. The molecule has 0 radical (unpaired) electrons. The molecule has 0 aliphatic heterocycles. The lowest BCUT2D eigenvalue weighted by atomic mass is 9.96. The molecule has 0 fully saturated rings. The largest absolute Gasteiger partial charge is 0.396 e. The van der Waals surface area contributed by atoms with Gasteiger partial charge in [-0.05, 0) is 30.4 Å². The summed E-state index contributed by atoms with van der Waals surface area (Å²) in [6, 6.07) is 5.55. The van der Waals surface area contributed by atoms with Crippen LogP contribution in [0.3, 0.4) is 0 Å². The Bertz CT molecular complexity index is 478. The van der Waals surface area contributed by atoms with E-state index in [0.717, 1.165) is 12.1 Å². The van der Waals surface area contributed by atoms with Crippen LogP contribution in [0.1, 0.15) is 32.8 Å². The summed E-state index contributed by atoms with van der Waals surface area (Å²) >= 11 is 6.14. The number of aliphatic hydroxyl groups is 1. The van der Waals surface area contributed by atoms with E-state index in [1.807, 2.05) is 19.1 Å². The number of anilines is 1. The average Bonchev–Trinajstić information content (AvgIpc) is 2.38. The molecule has 0 heterocycles. The number of nitrogens with zero attached hydrogens (tertiary/aromatic N) is 1. The van der Waals surface area contributed by atoms with E-state index in [-0.39, 0.29) is 17.9 Å². The lowest BCUT2D eigenvalue weighted by molar-refractivity contribution is -0.117. The number of nitrogens with one attached hydrogen (secondary N) is 1. The lowest BCUT2D eigenvalue weighted by Crippen LogP contribution is -2.39. The molecule has 0 spiro atoms. The van der Waals surface area contributed by atoms with Gasteiger partial charge in [0, 0.05) is 19.7 Å². The van der Waals surface area contributed by atoms with Crippen LogP contribution in [0.2, 0.25) is 5.02 Å². The second-order valence-corrected chi connectivity index (χ2v) is 7.24. The zero-order valence-electron chi connectivity index (χ0n) is 13.9. The van der Waals surface area contributed by atoms with Crippen molar-refractivity contribution in [2.75, 3.05) is 31.6 Å². The van der Waals surface area contributed by atoms with Gasteiger partial charge in [0.05, 0.1) is 17.3 Å². The monoisotopic (exact) mass is 326 g/mol. The van der Waals surface area contributed by atoms with Crippen molar-refractivity contribution in [2.45, 2.75) is 34.1 Å². The summed E-state index contributed by atoms with van der Waals surface area (Å²) in [5.74, 6) is -0.0848. The van der Waals surface area contributed by atoms with Gasteiger partial charge in [-0.1, -0.05) is 44.5 Å². The van der Waals surface area contributed by atoms with Crippen molar-refractivity contribution < 1.29 is 9.90 Å². The van der Waals surface area contributed by atoms with Gasteiger partial charge in [0.15, 0.2) is 0 Å². The fourth-order valence-corrected chi connectivity index (χ4v) is 2.62. The maximum absolute atomic E-state index is 12.3. The molecule has 0 saturated carbocycles. The van der Waals surface area contributed by atoms with Crippen molar-refractivity contribution in [3.8, 4) is 0 Å². The number of rotatable bonds is 7. The Kier molecular flexibility index (Phi) is 7.33. The van der Waals surface area contributed by atoms with Crippen LogP contribution in [0, 0.1) is 12.3 Å².